The van der Waals surface area contributed by atoms with Crippen molar-refractivity contribution in [3.8, 4) is 0 Å². The topological polar surface area (TPSA) is 88.5 Å². The Labute approximate surface area is 118 Å². The van der Waals surface area contributed by atoms with E-state index in [-0.39, 0.29) is 12.1 Å². The molecule has 0 saturated heterocycles. The van der Waals surface area contributed by atoms with Gasteiger partial charge in [0.15, 0.2) is 0 Å². The second-order valence-corrected chi connectivity index (χ2v) is 4.41. The Morgan fingerprint density at radius 2 is 2.05 bits per heavy atom. The van der Waals surface area contributed by atoms with Gasteiger partial charge in [-0.2, -0.15) is 0 Å². The molecule has 1 heterocycles. The molecule has 6 heteroatoms. The lowest BCUT2D eigenvalue weighted by Gasteiger charge is -2.07. The number of hydrogen-bond donors (Lipinski definition) is 2. The average molecular weight is 280 g/mol. The van der Waals surface area contributed by atoms with E-state index in [9.17, 15) is 9.59 Å². The van der Waals surface area contributed by atoms with Crippen LogP contribution in [-0.2, 0) is 9.53 Å². The van der Waals surface area contributed by atoms with Crippen LogP contribution < -0.4 is 5.32 Å². The van der Waals surface area contributed by atoms with Crippen molar-refractivity contribution in [2.75, 3.05) is 19.0 Å². The molecule has 0 aromatic carbocycles. The number of pyridine rings is 1. The number of aliphatic carboxylic acids is 1. The number of rotatable bonds is 9. The highest BCUT2D eigenvalue weighted by Crippen LogP contribution is 2.10. The van der Waals surface area contributed by atoms with Gasteiger partial charge in [-0.3, -0.25) is 4.79 Å². The summed E-state index contributed by atoms with van der Waals surface area (Å²) in [5, 5.41) is 11.7. The number of ether oxygens (including phenoxy) is 1. The van der Waals surface area contributed by atoms with Crippen LogP contribution in [-0.4, -0.2) is 35.7 Å². The van der Waals surface area contributed by atoms with Gasteiger partial charge in [-0.05, 0) is 25.0 Å². The first-order chi connectivity index (χ1) is 9.63. The Morgan fingerprint density at radius 3 is 2.75 bits per heavy atom. The predicted molar refractivity (Wildman–Crippen MR) is 74.8 cm³/mol. The van der Waals surface area contributed by atoms with E-state index < -0.39 is 11.9 Å². The van der Waals surface area contributed by atoms with Crippen LogP contribution in [0.4, 0.5) is 5.69 Å². The summed E-state index contributed by atoms with van der Waals surface area (Å²) in [5.74, 6) is -1.20. The lowest BCUT2D eigenvalue weighted by molar-refractivity contribution is -0.137. The standard InChI is InChI=1S/C14H20N2O4/c1-20-14(19)12-10-11(7-9-16-12)15-8-5-3-2-4-6-13(17)18/h7,9-10H,2-6,8H2,1H3,(H,15,16)(H,17,18). The van der Waals surface area contributed by atoms with E-state index in [1.807, 2.05) is 0 Å². The summed E-state index contributed by atoms with van der Waals surface area (Å²) in [6.45, 7) is 0.775. The van der Waals surface area contributed by atoms with Gasteiger partial charge in [-0.25, -0.2) is 9.78 Å². The lowest BCUT2D eigenvalue weighted by Crippen LogP contribution is -2.07. The highest BCUT2D eigenvalue weighted by molar-refractivity contribution is 5.88. The molecule has 1 aromatic heterocycles. The summed E-state index contributed by atoms with van der Waals surface area (Å²) < 4.78 is 4.60. The van der Waals surface area contributed by atoms with Crippen molar-refractivity contribution in [2.45, 2.75) is 32.1 Å². The van der Waals surface area contributed by atoms with Crippen molar-refractivity contribution in [1.82, 2.24) is 4.98 Å². The molecular formula is C14H20N2O4. The number of aromatic nitrogens is 1. The maximum absolute atomic E-state index is 11.3. The van der Waals surface area contributed by atoms with Crippen molar-refractivity contribution in [3.63, 3.8) is 0 Å². The van der Waals surface area contributed by atoms with Crippen LogP contribution in [0.2, 0.25) is 0 Å². The number of carbonyl (C=O) groups is 2. The molecular weight excluding hydrogens is 260 g/mol. The molecule has 1 aromatic rings. The van der Waals surface area contributed by atoms with Gasteiger partial charge in [0.2, 0.25) is 0 Å². The number of carboxylic acids is 1. The summed E-state index contributed by atoms with van der Waals surface area (Å²) in [7, 11) is 1.32. The van der Waals surface area contributed by atoms with Gasteiger partial charge in [-0.15, -0.1) is 0 Å². The van der Waals surface area contributed by atoms with Crippen LogP contribution in [0.1, 0.15) is 42.6 Å². The number of carbonyl (C=O) groups excluding carboxylic acids is 1. The number of unbranched alkanes of at least 4 members (excludes halogenated alkanes) is 3. The Balaban J connectivity index is 2.22. The highest BCUT2D eigenvalue weighted by atomic mass is 16.5. The van der Waals surface area contributed by atoms with E-state index in [1.165, 1.54) is 7.11 Å². The number of hydrogen-bond acceptors (Lipinski definition) is 5. The number of carboxylic acid groups (broad SMARTS) is 1. The van der Waals surface area contributed by atoms with Crippen LogP contribution in [0.25, 0.3) is 0 Å². The first-order valence-electron chi connectivity index (χ1n) is 6.63. The first kappa shape index (κ1) is 15.9. The van der Waals surface area contributed by atoms with Crippen molar-refractivity contribution >= 4 is 17.6 Å². The quantitative estimate of drug-likeness (QED) is 0.533. The van der Waals surface area contributed by atoms with Crippen molar-refractivity contribution in [2.24, 2.45) is 0 Å². The number of nitrogens with one attached hydrogen (secondary N) is 1. The van der Waals surface area contributed by atoms with E-state index in [1.54, 1.807) is 18.3 Å². The minimum Gasteiger partial charge on any atom is -0.481 e. The molecule has 0 atom stereocenters. The van der Waals surface area contributed by atoms with Gasteiger partial charge in [-0.1, -0.05) is 12.8 Å². The van der Waals surface area contributed by atoms with Gasteiger partial charge in [0, 0.05) is 24.8 Å². The van der Waals surface area contributed by atoms with E-state index in [0.717, 1.165) is 37.9 Å². The summed E-state index contributed by atoms with van der Waals surface area (Å²) in [4.78, 5) is 25.6. The second-order valence-electron chi connectivity index (χ2n) is 4.41. The monoisotopic (exact) mass is 280 g/mol. The molecule has 0 radical (unpaired) electrons. The summed E-state index contributed by atoms with van der Waals surface area (Å²) >= 11 is 0. The molecule has 0 amide bonds. The minimum atomic E-state index is -0.741. The van der Waals surface area contributed by atoms with Crippen molar-refractivity contribution < 1.29 is 19.4 Å². The average Bonchev–Trinajstić information content (AvgIpc) is 2.45. The first-order valence-corrected chi connectivity index (χ1v) is 6.63. The molecule has 0 bridgehead atoms. The SMILES string of the molecule is COC(=O)c1cc(NCCCCCCC(=O)O)ccn1. The van der Waals surface area contributed by atoms with Crippen LogP contribution in [0.5, 0.6) is 0 Å². The largest absolute Gasteiger partial charge is 0.481 e. The van der Waals surface area contributed by atoms with Gasteiger partial charge < -0.3 is 15.2 Å². The Kier molecular flexibility index (Phi) is 7.10. The van der Waals surface area contributed by atoms with Gasteiger partial charge in [0.05, 0.1) is 7.11 Å². The Morgan fingerprint density at radius 1 is 1.30 bits per heavy atom. The molecule has 0 unspecified atom stereocenters. The molecule has 20 heavy (non-hydrogen) atoms. The fourth-order valence-electron chi connectivity index (χ4n) is 1.74. The Hall–Kier alpha value is -2.11. The maximum Gasteiger partial charge on any atom is 0.356 e. The number of esters is 1. The summed E-state index contributed by atoms with van der Waals surface area (Å²) in [6.07, 6.45) is 5.36. The maximum atomic E-state index is 11.3. The molecule has 0 fully saturated rings. The zero-order valence-corrected chi connectivity index (χ0v) is 11.6. The van der Waals surface area contributed by atoms with Gasteiger partial charge in [0.1, 0.15) is 5.69 Å². The number of nitrogens with zero attached hydrogens (tertiary/aromatic N) is 1. The van der Waals surface area contributed by atoms with Crippen LogP contribution in [0.15, 0.2) is 18.3 Å². The molecule has 0 aliphatic heterocycles. The van der Waals surface area contributed by atoms with Crippen LogP contribution >= 0.6 is 0 Å². The Bertz CT molecular complexity index is 449. The zero-order valence-electron chi connectivity index (χ0n) is 11.6. The lowest BCUT2D eigenvalue weighted by atomic mass is 10.1. The molecule has 6 nitrogen and oxygen atoms in total. The molecule has 110 valence electrons. The minimum absolute atomic E-state index is 0.236. The third-order valence-corrected chi connectivity index (χ3v) is 2.80. The number of methoxy groups -OCH3 is 1. The number of anilines is 1. The van der Waals surface area contributed by atoms with E-state index in [0.29, 0.717) is 0 Å². The van der Waals surface area contributed by atoms with Crippen molar-refractivity contribution in [3.05, 3.63) is 24.0 Å². The molecule has 2 N–H and O–H groups in total. The van der Waals surface area contributed by atoms with Crippen LogP contribution in [0.3, 0.4) is 0 Å². The molecule has 0 aliphatic rings. The normalized spacial score (nSPS) is 10.1. The summed E-state index contributed by atoms with van der Waals surface area (Å²) in [5.41, 5.74) is 1.10. The highest BCUT2D eigenvalue weighted by Gasteiger charge is 2.06. The molecule has 0 spiro atoms. The smallest absolute Gasteiger partial charge is 0.356 e. The van der Waals surface area contributed by atoms with Gasteiger partial charge >= 0.3 is 11.9 Å². The predicted octanol–water partition coefficient (Wildman–Crippen LogP) is 2.32. The molecule has 0 saturated carbocycles. The third-order valence-electron chi connectivity index (χ3n) is 2.80. The van der Waals surface area contributed by atoms with E-state index in [2.05, 4.69) is 15.0 Å². The zero-order chi connectivity index (χ0) is 14.8. The molecule has 1 rings (SSSR count). The molecule has 0 aliphatic carbocycles. The summed E-state index contributed by atoms with van der Waals surface area (Å²) in [6, 6.07) is 3.44. The fourth-order valence-corrected chi connectivity index (χ4v) is 1.74. The second kappa shape index (κ2) is 8.90. The van der Waals surface area contributed by atoms with E-state index in [4.69, 9.17) is 5.11 Å². The van der Waals surface area contributed by atoms with E-state index >= 15 is 0 Å². The van der Waals surface area contributed by atoms with Gasteiger partial charge in [0.25, 0.3) is 0 Å². The van der Waals surface area contributed by atoms with Crippen LogP contribution in [0, 0.1) is 0 Å². The third kappa shape index (κ3) is 6.17. The van der Waals surface area contributed by atoms with Crippen molar-refractivity contribution in [1.29, 1.82) is 0 Å². The fraction of sp³-hybridized carbons (Fsp3) is 0.500.